The summed E-state index contributed by atoms with van der Waals surface area (Å²) in [4.78, 5) is 18.0. The molecule has 1 saturated heterocycles. The van der Waals surface area contributed by atoms with Gasteiger partial charge >= 0.3 is 0 Å². The van der Waals surface area contributed by atoms with Gasteiger partial charge in [0.25, 0.3) is 0 Å². The maximum absolute atomic E-state index is 12.5. The Morgan fingerprint density at radius 1 is 0.490 bits per heavy atom. The highest BCUT2D eigenvalue weighted by atomic mass is 16.1. The first-order valence-corrected chi connectivity index (χ1v) is 22.3. The van der Waals surface area contributed by atoms with Crippen LogP contribution in [-0.4, -0.2) is 54.6 Å². The Bertz CT molecular complexity index is 750. The fourth-order valence-electron chi connectivity index (χ4n) is 7.42. The second-order valence-corrected chi connectivity index (χ2v) is 15.3. The Labute approximate surface area is 308 Å². The Morgan fingerprint density at radius 3 is 1.37 bits per heavy atom. The largest absolute Gasteiger partial charge is 0.355 e. The molecule has 1 aliphatic rings. The highest BCUT2D eigenvalue weighted by Gasteiger charge is 2.30. The van der Waals surface area contributed by atoms with E-state index in [1.165, 1.54) is 199 Å². The van der Waals surface area contributed by atoms with Crippen molar-refractivity contribution in [2.45, 2.75) is 226 Å². The first kappa shape index (κ1) is 45.9. The van der Waals surface area contributed by atoms with Crippen LogP contribution in [0.25, 0.3) is 0 Å². The molecule has 4 nitrogen and oxygen atoms in total. The van der Waals surface area contributed by atoms with E-state index in [-0.39, 0.29) is 5.91 Å². The molecule has 1 unspecified atom stereocenters. The van der Waals surface area contributed by atoms with Crippen LogP contribution in [0.15, 0.2) is 24.3 Å². The first-order chi connectivity index (χ1) is 24.2. The average Bonchev–Trinajstić information content (AvgIpc) is 3.49. The highest BCUT2D eigenvalue weighted by molar-refractivity contribution is 5.75. The highest BCUT2D eigenvalue weighted by Crippen LogP contribution is 2.22. The predicted octanol–water partition coefficient (Wildman–Crippen LogP) is 13.3. The third-order valence-corrected chi connectivity index (χ3v) is 10.7. The molecule has 0 spiro atoms. The first-order valence-electron chi connectivity index (χ1n) is 22.3. The topological polar surface area (TPSA) is 35.6 Å². The smallest absolute Gasteiger partial charge is 0.220 e. The molecule has 1 aliphatic heterocycles. The van der Waals surface area contributed by atoms with Gasteiger partial charge in [0, 0.05) is 32.6 Å². The number of nitrogens with zero attached hydrogens (tertiary/aromatic N) is 2. The zero-order valence-electron chi connectivity index (χ0n) is 33.6. The summed E-state index contributed by atoms with van der Waals surface area (Å²) >= 11 is 0. The third kappa shape index (κ3) is 29.2. The van der Waals surface area contributed by atoms with Gasteiger partial charge in [-0.1, -0.05) is 167 Å². The van der Waals surface area contributed by atoms with Crippen molar-refractivity contribution in [3.8, 4) is 0 Å². The Morgan fingerprint density at radius 2 is 0.878 bits per heavy atom. The summed E-state index contributed by atoms with van der Waals surface area (Å²) in [5.74, 6) is 0.255. The van der Waals surface area contributed by atoms with E-state index in [9.17, 15) is 4.79 Å². The molecule has 1 fully saturated rings. The standard InChI is InChI=1S/C45H87N3O/c1-4-7-10-12-14-16-18-20-22-24-26-28-30-32-34-37-44(49)46-39-41-48-43-42-47(40-36-9-6-3)45(48)38-35-33-31-29-27-25-23-21-19-17-15-13-11-8-5-2/h20-23,45H,4-19,24-43H2,1-3H3,(H,46,49)/b22-20-,23-21-. The monoisotopic (exact) mass is 686 g/mol. The van der Waals surface area contributed by atoms with Crippen LogP contribution in [-0.2, 0) is 4.79 Å². The lowest BCUT2D eigenvalue weighted by molar-refractivity contribution is -0.121. The van der Waals surface area contributed by atoms with Gasteiger partial charge in [0.05, 0.1) is 6.17 Å². The van der Waals surface area contributed by atoms with Crippen LogP contribution in [0.4, 0.5) is 0 Å². The van der Waals surface area contributed by atoms with Crippen LogP contribution >= 0.6 is 0 Å². The summed E-state index contributed by atoms with van der Waals surface area (Å²) in [6.07, 6.45) is 50.8. The normalized spacial score (nSPS) is 15.8. The number of hydrogen-bond acceptors (Lipinski definition) is 3. The molecule has 1 rings (SSSR count). The van der Waals surface area contributed by atoms with Crippen molar-refractivity contribution in [1.82, 2.24) is 15.1 Å². The van der Waals surface area contributed by atoms with Gasteiger partial charge in [-0.15, -0.1) is 0 Å². The van der Waals surface area contributed by atoms with E-state index in [0.29, 0.717) is 12.6 Å². The summed E-state index contributed by atoms with van der Waals surface area (Å²) in [7, 11) is 0. The van der Waals surface area contributed by atoms with Crippen LogP contribution in [0, 0.1) is 0 Å². The quantitative estimate of drug-likeness (QED) is 0.0522. The molecule has 0 radical (unpaired) electrons. The second kappa shape index (κ2) is 36.7. The molecule has 288 valence electrons. The van der Waals surface area contributed by atoms with Crippen LogP contribution < -0.4 is 5.32 Å². The fourth-order valence-corrected chi connectivity index (χ4v) is 7.42. The number of carbonyl (C=O) groups is 1. The van der Waals surface area contributed by atoms with Gasteiger partial charge in [0.1, 0.15) is 0 Å². The zero-order valence-corrected chi connectivity index (χ0v) is 33.6. The Balaban J connectivity index is 2.11. The molecule has 0 aromatic heterocycles. The Hall–Kier alpha value is -1.13. The van der Waals surface area contributed by atoms with Gasteiger partial charge in [0.2, 0.25) is 5.91 Å². The van der Waals surface area contributed by atoms with Crippen molar-refractivity contribution in [2.75, 3.05) is 32.7 Å². The average molecular weight is 686 g/mol. The fraction of sp³-hybridized carbons (Fsp3) is 0.889. The van der Waals surface area contributed by atoms with Gasteiger partial charge in [-0.25, -0.2) is 0 Å². The van der Waals surface area contributed by atoms with E-state index in [1.807, 2.05) is 0 Å². The maximum atomic E-state index is 12.5. The molecule has 0 bridgehead atoms. The van der Waals surface area contributed by atoms with Gasteiger partial charge in [-0.05, 0) is 77.2 Å². The molecule has 1 atom stereocenters. The molecule has 1 amide bonds. The van der Waals surface area contributed by atoms with Crippen LogP contribution in [0.5, 0.6) is 0 Å². The molecule has 0 aliphatic carbocycles. The molecule has 49 heavy (non-hydrogen) atoms. The van der Waals surface area contributed by atoms with Crippen LogP contribution in [0.2, 0.25) is 0 Å². The number of unbranched alkanes of at least 4 members (excludes halogenated alkanes) is 24. The van der Waals surface area contributed by atoms with E-state index in [2.05, 4.69) is 60.2 Å². The van der Waals surface area contributed by atoms with Crippen LogP contribution in [0.3, 0.4) is 0 Å². The van der Waals surface area contributed by atoms with Crippen molar-refractivity contribution in [3.05, 3.63) is 24.3 Å². The van der Waals surface area contributed by atoms with Gasteiger partial charge in [-0.2, -0.15) is 0 Å². The van der Waals surface area contributed by atoms with E-state index in [4.69, 9.17) is 0 Å². The number of amides is 1. The van der Waals surface area contributed by atoms with Crippen LogP contribution in [0.1, 0.15) is 220 Å². The van der Waals surface area contributed by atoms with Gasteiger partial charge in [-0.3, -0.25) is 14.6 Å². The molecular weight excluding hydrogens is 599 g/mol. The summed E-state index contributed by atoms with van der Waals surface area (Å²) in [6.45, 7) is 12.3. The summed E-state index contributed by atoms with van der Waals surface area (Å²) in [5.41, 5.74) is 0. The Kier molecular flexibility index (Phi) is 34.3. The number of allylic oxidation sites excluding steroid dienone is 4. The minimum Gasteiger partial charge on any atom is -0.355 e. The summed E-state index contributed by atoms with van der Waals surface area (Å²) in [5, 5.41) is 3.26. The molecule has 0 saturated carbocycles. The minimum atomic E-state index is 0.255. The summed E-state index contributed by atoms with van der Waals surface area (Å²) < 4.78 is 0. The third-order valence-electron chi connectivity index (χ3n) is 10.7. The SMILES string of the molecule is CCCCCCCC/C=C\CCCCCCCC(=O)NCCN1CCN(CCCCC)C1CCCCCCC/C=C\CCCCCCCC. The molecule has 1 heterocycles. The molecule has 0 aromatic rings. The van der Waals surface area contributed by atoms with Gasteiger partial charge in [0.15, 0.2) is 0 Å². The zero-order chi connectivity index (χ0) is 35.3. The second-order valence-electron chi connectivity index (χ2n) is 15.3. The molecule has 0 aromatic carbocycles. The molecule has 4 heteroatoms. The van der Waals surface area contributed by atoms with Crippen molar-refractivity contribution < 1.29 is 4.79 Å². The van der Waals surface area contributed by atoms with Crippen molar-refractivity contribution in [3.63, 3.8) is 0 Å². The van der Waals surface area contributed by atoms with E-state index in [0.717, 1.165) is 26.1 Å². The van der Waals surface area contributed by atoms with Crippen molar-refractivity contribution in [1.29, 1.82) is 0 Å². The van der Waals surface area contributed by atoms with E-state index in [1.54, 1.807) is 0 Å². The lowest BCUT2D eigenvalue weighted by Crippen LogP contribution is -2.42. The number of nitrogens with one attached hydrogen (secondary N) is 1. The minimum absolute atomic E-state index is 0.255. The predicted molar refractivity (Wildman–Crippen MR) is 218 cm³/mol. The number of rotatable bonds is 37. The van der Waals surface area contributed by atoms with E-state index < -0.39 is 0 Å². The van der Waals surface area contributed by atoms with Crippen molar-refractivity contribution in [2.24, 2.45) is 0 Å². The van der Waals surface area contributed by atoms with Gasteiger partial charge < -0.3 is 5.32 Å². The lowest BCUT2D eigenvalue weighted by Gasteiger charge is -2.30. The molecular formula is C45H87N3O. The van der Waals surface area contributed by atoms with Crippen molar-refractivity contribution >= 4 is 5.91 Å². The summed E-state index contributed by atoms with van der Waals surface area (Å²) in [6, 6.07) is 0. The number of hydrogen-bond donors (Lipinski definition) is 1. The molecule has 1 N–H and O–H groups in total. The van der Waals surface area contributed by atoms with E-state index >= 15 is 0 Å². The maximum Gasteiger partial charge on any atom is 0.220 e. The lowest BCUT2D eigenvalue weighted by atomic mass is 10.1. The number of carbonyl (C=O) groups excluding carboxylic acids is 1.